The molecule has 0 aliphatic rings. The summed E-state index contributed by atoms with van der Waals surface area (Å²) in [6, 6.07) is 0. The van der Waals surface area contributed by atoms with Gasteiger partial charge in [0.05, 0.1) is 53.0 Å². The van der Waals surface area contributed by atoms with E-state index in [-0.39, 0.29) is 44.6 Å². The van der Waals surface area contributed by atoms with Crippen molar-refractivity contribution in [2.45, 2.75) is 12.8 Å². The summed E-state index contributed by atoms with van der Waals surface area (Å²) < 4.78 is 24.3. The van der Waals surface area contributed by atoms with Crippen molar-refractivity contribution in [2.75, 3.05) is 53.9 Å². The van der Waals surface area contributed by atoms with Crippen molar-refractivity contribution in [1.29, 1.82) is 0 Å². The lowest BCUT2D eigenvalue weighted by Crippen LogP contribution is -2.14. The Labute approximate surface area is 113 Å². The van der Waals surface area contributed by atoms with E-state index >= 15 is 0 Å². The van der Waals surface area contributed by atoms with E-state index in [2.05, 4.69) is 4.74 Å². The molecule has 7 heteroatoms. The summed E-state index contributed by atoms with van der Waals surface area (Å²) in [5, 5.41) is 0. The monoisotopic (exact) mass is 278 g/mol. The first kappa shape index (κ1) is 17.8. The second-order valence-corrected chi connectivity index (χ2v) is 3.51. The molecule has 0 fully saturated rings. The standard InChI is InChI=1S/C12H22O7/c1-15-7-8-17-6-4-12(14)19-10-9-18-5-3-11(13)16-2/h3-10H2,1-2H3. The van der Waals surface area contributed by atoms with Crippen LogP contribution in [-0.4, -0.2) is 65.8 Å². The van der Waals surface area contributed by atoms with E-state index < -0.39 is 0 Å². The fraction of sp³-hybridized carbons (Fsp3) is 0.833. The molecule has 0 atom stereocenters. The second-order valence-electron chi connectivity index (χ2n) is 3.51. The second kappa shape index (κ2) is 13.3. The van der Waals surface area contributed by atoms with Crippen LogP contribution < -0.4 is 0 Å². The number of methoxy groups -OCH3 is 2. The van der Waals surface area contributed by atoms with E-state index in [1.807, 2.05) is 0 Å². The molecule has 0 aliphatic heterocycles. The molecular formula is C12H22O7. The molecule has 19 heavy (non-hydrogen) atoms. The maximum absolute atomic E-state index is 11.2. The molecular weight excluding hydrogens is 256 g/mol. The molecule has 0 bridgehead atoms. The fourth-order valence-electron chi connectivity index (χ4n) is 1.05. The van der Waals surface area contributed by atoms with Gasteiger partial charge in [-0.2, -0.15) is 0 Å². The van der Waals surface area contributed by atoms with Crippen molar-refractivity contribution in [3.8, 4) is 0 Å². The SMILES string of the molecule is COCCOCCC(=O)OCCOCCC(=O)OC. The molecule has 0 N–H and O–H groups in total. The first-order chi connectivity index (χ1) is 9.20. The van der Waals surface area contributed by atoms with E-state index in [0.717, 1.165) is 0 Å². The third-order valence-corrected chi connectivity index (χ3v) is 2.05. The van der Waals surface area contributed by atoms with Crippen molar-refractivity contribution < 1.29 is 33.3 Å². The quantitative estimate of drug-likeness (QED) is 0.371. The van der Waals surface area contributed by atoms with Gasteiger partial charge in [-0.3, -0.25) is 9.59 Å². The zero-order valence-electron chi connectivity index (χ0n) is 11.5. The van der Waals surface area contributed by atoms with Crippen molar-refractivity contribution in [3.63, 3.8) is 0 Å². The van der Waals surface area contributed by atoms with Crippen LogP contribution in [0.15, 0.2) is 0 Å². The minimum atomic E-state index is -0.339. The summed E-state index contributed by atoms with van der Waals surface area (Å²) in [4.78, 5) is 21.9. The summed E-state index contributed by atoms with van der Waals surface area (Å²) >= 11 is 0. The topological polar surface area (TPSA) is 80.3 Å². The number of carbonyl (C=O) groups excluding carboxylic acids is 2. The van der Waals surface area contributed by atoms with Crippen LogP contribution in [0, 0.1) is 0 Å². The molecule has 0 aromatic carbocycles. The highest BCUT2D eigenvalue weighted by Crippen LogP contribution is 1.90. The molecule has 0 aromatic rings. The van der Waals surface area contributed by atoms with Gasteiger partial charge in [0.25, 0.3) is 0 Å². The van der Waals surface area contributed by atoms with E-state index in [4.69, 9.17) is 18.9 Å². The van der Waals surface area contributed by atoms with E-state index in [1.165, 1.54) is 7.11 Å². The van der Waals surface area contributed by atoms with Crippen LogP contribution in [0.2, 0.25) is 0 Å². The molecule has 0 saturated heterocycles. The summed E-state index contributed by atoms with van der Waals surface area (Å²) in [7, 11) is 2.90. The van der Waals surface area contributed by atoms with Gasteiger partial charge in [0.1, 0.15) is 6.61 Å². The molecule has 0 heterocycles. The van der Waals surface area contributed by atoms with Crippen molar-refractivity contribution in [2.24, 2.45) is 0 Å². The highest BCUT2D eigenvalue weighted by molar-refractivity contribution is 5.69. The van der Waals surface area contributed by atoms with Crippen molar-refractivity contribution in [3.05, 3.63) is 0 Å². The van der Waals surface area contributed by atoms with Crippen LogP contribution in [0.4, 0.5) is 0 Å². The summed E-state index contributed by atoms with van der Waals surface area (Å²) in [5.41, 5.74) is 0. The molecule has 112 valence electrons. The van der Waals surface area contributed by atoms with Gasteiger partial charge in [0.15, 0.2) is 0 Å². The molecule has 0 spiro atoms. The molecule has 7 nitrogen and oxygen atoms in total. The van der Waals surface area contributed by atoms with E-state index in [1.54, 1.807) is 7.11 Å². The molecule has 0 radical (unpaired) electrons. The Morgan fingerprint density at radius 2 is 1.32 bits per heavy atom. The Hall–Kier alpha value is -1.18. The predicted molar refractivity (Wildman–Crippen MR) is 65.7 cm³/mol. The molecule has 0 saturated carbocycles. The van der Waals surface area contributed by atoms with Crippen molar-refractivity contribution >= 4 is 11.9 Å². The maximum atomic E-state index is 11.2. The van der Waals surface area contributed by atoms with Gasteiger partial charge in [0, 0.05) is 7.11 Å². The minimum Gasteiger partial charge on any atom is -0.469 e. The van der Waals surface area contributed by atoms with E-state index in [0.29, 0.717) is 19.8 Å². The number of hydrogen-bond donors (Lipinski definition) is 0. The van der Waals surface area contributed by atoms with Gasteiger partial charge in [-0.25, -0.2) is 0 Å². The van der Waals surface area contributed by atoms with Gasteiger partial charge >= 0.3 is 11.9 Å². The Bertz CT molecular complexity index is 242. The number of hydrogen-bond acceptors (Lipinski definition) is 7. The average Bonchev–Trinajstić information content (AvgIpc) is 2.42. The smallest absolute Gasteiger partial charge is 0.308 e. The Kier molecular flexibility index (Phi) is 12.4. The highest BCUT2D eigenvalue weighted by atomic mass is 16.6. The molecule has 0 aromatic heterocycles. The van der Waals surface area contributed by atoms with Crippen LogP contribution in [0.25, 0.3) is 0 Å². The molecule has 0 unspecified atom stereocenters. The summed E-state index contributed by atoms with van der Waals surface area (Å²) in [6.45, 7) is 1.95. The fourth-order valence-corrected chi connectivity index (χ4v) is 1.05. The average molecular weight is 278 g/mol. The lowest BCUT2D eigenvalue weighted by Gasteiger charge is -2.06. The Balaban J connectivity index is 3.22. The van der Waals surface area contributed by atoms with Gasteiger partial charge in [-0.1, -0.05) is 0 Å². The summed E-state index contributed by atoms with van der Waals surface area (Å²) in [6.07, 6.45) is 0.393. The Morgan fingerprint density at radius 1 is 0.737 bits per heavy atom. The molecule has 0 aliphatic carbocycles. The van der Waals surface area contributed by atoms with Crippen LogP contribution in [0.5, 0.6) is 0 Å². The van der Waals surface area contributed by atoms with Crippen LogP contribution >= 0.6 is 0 Å². The summed E-state index contributed by atoms with van der Waals surface area (Å²) in [5.74, 6) is -0.667. The number of esters is 2. The molecule has 0 amide bonds. The third-order valence-electron chi connectivity index (χ3n) is 2.05. The van der Waals surface area contributed by atoms with Crippen LogP contribution in [-0.2, 0) is 33.3 Å². The van der Waals surface area contributed by atoms with Gasteiger partial charge < -0.3 is 23.7 Å². The van der Waals surface area contributed by atoms with Crippen LogP contribution in [0.1, 0.15) is 12.8 Å². The highest BCUT2D eigenvalue weighted by Gasteiger charge is 2.03. The Morgan fingerprint density at radius 3 is 1.89 bits per heavy atom. The minimum absolute atomic E-state index is 0.165. The lowest BCUT2D eigenvalue weighted by molar-refractivity contribution is -0.147. The number of rotatable bonds is 12. The van der Waals surface area contributed by atoms with E-state index in [9.17, 15) is 9.59 Å². The normalized spacial score (nSPS) is 10.2. The van der Waals surface area contributed by atoms with Gasteiger partial charge in [-0.05, 0) is 0 Å². The van der Waals surface area contributed by atoms with Gasteiger partial charge in [0.2, 0.25) is 0 Å². The maximum Gasteiger partial charge on any atom is 0.308 e. The first-order valence-corrected chi connectivity index (χ1v) is 6.07. The van der Waals surface area contributed by atoms with Crippen molar-refractivity contribution in [1.82, 2.24) is 0 Å². The number of carbonyl (C=O) groups is 2. The molecule has 0 rings (SSSR count). The number of ether oxygens (including phenoxy) is 5. The van der Waals surface area contributed by atoms with Crippen LogP contribution in [0.3, 0.4) is 0 Å². The third kappa shape index (κ3) is 13.1. The zero-order valence-corrected chi connectivity index (χ0v) is 11.5. The zero-order chi connectivity index (χ0) is 14.3. The van der Waals surface area contributed by atoms with Gasteiger partial charge in [-0.15, -0.1) is 0 Å². The lowest BCUT2D eigenvalue weighted by atomic mass is 10.4. The predicted octanol–water partition coefficient (Wildman–Crippen LogP) is 0.162. The largest absolute Gasteiger partial charge is 0.469 e. The first-order valence-electron chi connectivity index (χ1n) is 6.07.